The van der Waals surface area contributed by atoms with Crippen LogP contribution in [-0.2, 0) is 0 Å². The van der Waals surface area contributed by atoms with Crippen LogP contribution in [0.15, 0.2) is 28.9 Å². The van der Waals surface area contributed by atoms with Gasteiger partial charge >= 0.3 is 0 Å². The van der Waals surface area contributed by atoms with E-state index < -0.39 is 0 Å². The van der Waals surface area contributed by atoms with E-state index in [1.165, 1.54) is 5.57 Å². The van der Waals surface area contributed by atoms with Crippen molar-refractivity contribution in [2.75, 3.05) is 0 Å². The van der Waals surface area contributed by atoms with E-state index in [1.54, 1.807) is 0 Å². The molecule has 0 saturated heterocycles. The molecule has 9 heavy (non-hydrogen) atoms. The van der Waals surface area contributed by atoms with Gasteiger partial charge in [0.15, 0.2) is 0 Å². The fraction of sp³-hybridized carbons (Fsp3) is 0.286. The summed E-state index contributed by atoms with van der Waals surface area (Å²) in [4.78, 5) is 0. The van der Waals surface area contributed by atoms with Gasteiger partial charge in [0.1, 0.15) is 6.04 Å². The highest BCUT2D eigenvalue weighted by atomic mass is 15.3. The zero-order valence-corrected chi connectivity index (χ0v) is 4.99. The average molecular weight is 119 g/mol. The van der Waals surface area contributed by atoms with Gasteiger partial charge in [-0.2, -0.15) is 10.5 Å². The summed E-state index contributed by atoms with van der Waals surface area (Å²) >= 11 is 0. The number of rotatable bonds is 0. The fourth-order valence-electron chi connectivity index (χ4n) is 1.06. The van der Waals surface area contributed by atoms with E-state index >= 15 is 0 Å². The second-order valence-corrected chi connectivity index (χ2v) is 2.21. The van der Waals surface area contributed by atoms with Crippen molar-refractivity contribution >= 4 is 6.21 Å². The summed E-state index contributed by atoms with van der Waals surface area (Å²) in [6, 6.07) is 0.343. The fourth-order valence-corrected chi connectivity index (χ4v) is 1.06. The summed E-state index contributed by atoms with van der Waals surface area (Å²) in [6.07, 6.45) is 9.08. The van der Waals surface area contributed by atoms with Gasteiger partial charge in [-0.3, -0.25) is 0 Å². The van der Waals surface area contributed by atoms with Crippen molar-refractivity contribution in [1.29, 1.82) is 0 Å². The summed E-state index contributed by atoms with van der Waals surface area (Å²) < 4.78 is 0. The van der Waals surface area contributed by atoms with Crippen LogP contribution in [0.4, 0.5) is 0 Å². The monoisotopic (exact) mass is 119 g/mol. The summed E-state index contributed by atoms with van der Waals surface area (Å²) in [5, 5.41) is 3.82. The third-order valence-corrected chi connectivity index (χ3v) is 1.58. The minimum absolute atomic E-state index is 0.343. The molecule has 1 aliphatic heterocycles. The van der Waals surface area contributed by atoms with E-state index in [0.29, 0.717) is 6.04 Å². The van der Waals surface area contributed by atoms with Crippen LogP contribution >= 0.6 is 0 Å². The highest BCUT2D eigenvalue weighted by Crippen LogP contribution is 2.15. The molecule has 0 fully saturated rings. The molecule has 1 heterocycles. The highest BCUT2D eigenvalue weighted by molar-refractivity contribution is 5.82. The first-order valence-corrected chi connectivity index (χ1v) is 3.07. The Bertz CT molecular complexity index is 201. The Morgan fingerprint density at radius 1 is 1.56 bits per heavy atom. The maximum absolute atomic E-state index is 4.01. The molecule has 1 aliphatic carbocycles. The van der Waals surface area contributed by atoms with E-state index in [2.05, 4.69) is 28.8 Å². The molecule has 0 bridgehead atoms. The minimum Gasteiger partial charge on any atom is -0.181 e. The van der Waals surface area contributed by atoms with Gasteiger partial charge in [0.2, 0.25) is 0 Å². The van der Waals surface area contributed by atoms with Gasteiger partial charge in [-0.15, -0.1) is 0 Å². The minimum atomic E-state index is 0.343. The molecule has 0 aromatic rings. The second kappa shape index (κ2) is 1.72. The Kier molecular flexibility index (Phi) is 0.918. The molecule has 1 radical (unpaired) electrons. The summed E-state index contributed by atoms with van der Waals surface area (Å²) in [5.41, 5.74) is 5.26. The molecule has 2 aliphatic rings. The first-order chi connectivity index (χ1) is 4.47. The lowest BCUT2D eigenvalue weighted by molar-refractivity contribution is 0.629. The maximum atomic E-state index is 4.01. The zero-order chi connectivity index (χ0) is 6.10. The van der Waals surface area contributed by atoms with Crippen molar-refractivity contribution < 1.29 is 0 Å². The molecule has 2 rings (SSSR count). The molecule has 0 saturated carbocycles. The third kappa shape index (κ3) is 0.669. The number of allylic oxidation sites excluding steroid dienone is 2. The van der Waals surface area contributed by atoms with Crippen molar-refractivity contribution in [3.05, 3.63) is 23.8 Å². The zero-order valence-electron chi connectivity index (χ0n) is 4.99. The Morgan fingerprint density at radius 2 is 2.56 bits per heavy atom. The normalized spacial score (nSPS) is 29.3. The van der Waals surface area contributed by atoms with Crippen LogP contribution in [0.25, 0.3) is 0 Å². The largest absolute Gasteiger partial charge is 0.181 e. The molecule has 1 atom stereocenters. The van der Waals surface area contributed by atoms with Crippen LogP contribution in [-0.4, -0.2) is 12.3 Å². The van der Waals surface area contributed by atoms with Gasteiger partial charge in [-0.1, -0.05) is 18.2 Å². The second-order valence-electron chi connectivity index (χ2n) is 2.21. The molecular weight excluding hydrogens is 112 g/mol. The van der Waals surface area contributed by atoms with Crippen LogP contribution in [0.2, 0.25) is 0 Å². The number of nitrogens with zero attached hydrogens (tertiary/aromatic N) is 2. The predicted molar refractivity (Wildman–Crippen MR) is 36.3 cm³/mol. The van der Waals surface area contributed by atoms with Crippen LogP contribution in [0.5, 0.6) is 0 Å². The Balaban J connectivity index is 2.31. The van der Waals surface area contributed by atoms with Crippen LogP contribution in [0.1, 0.15) is 6.42 Å². The topological polar surface area (TPSA) is 26.5 Å². The first kappa shape index (κ1) is 4.79. The summed E-state index contributed by atoms with van der Waals surface area (Å²) in [5.74, 6) is 0. The molecule has 1 unspecified atom stereocenters. The Hall–Kier alpha value is -1.05. The average Bonchev–Trinajstić information content (AvgIpc) is 2.33. The van der Waals surface area contributed by atoms with Gasteiger partial charge in [0, 0.05) is 0 Å². The molecular formula is C7H7N2. The van der Waals surface area contributed by atoms with Crippen molar-refractivity contribution in [1.82, 2.24) is 5.43 Å². The van der Waals surface area contributed by atoms with Gasteiger partial charge < -0.3 is 0 Å². The summed E-state index contributed by atoms with van der Waals surface area (Å²) in [6.45, 7) is 0. The van der Waals surface area contributed by atoms with E-state index in [9.17, 15) is 0 Å². The molecule has 0 aromatic carbocycles. The molecule has 0 N–H and O–H groups in total. The highest BCUT2D eigenvalue weighted by Gasteiger charge is 2.18. The van der Waals surface area contributed by atoms with E-state index in [1.807, 2.05) is 6.21 Å². The van der Waals surface area contributed by atoms with Gasteiger partial charge in [0.25, 0.3) is 0 Å². The van der Waals surface area contributed by atoms with E-state index in [4.69, 9.17) is 0 Å². The molecule has 2 heteroatoms. The lowest BCUT2D eigenvalue weighted by Crippen LogP contribution is -2.15. The number of fused-ring (bicyclic) bond motifs is 1. The SMILES string of the molecule is C1=CCC2[N]N=CC2=C1. The molecule has 2 nitrogen and oxygen atoms in total. The van der Waals surface area contributed by atoms with Gasteiger partial charge in [-0.25, -0.2) is 0 Å². The van der Waals surface area contributed by atoms with Crippen molar-refractivity contribution in [2.45, 2.75) is 12.5 Å². The Labute approximate surface area is 54.0 Å². The lowest BCUT2D eigenvalue weighted by Gasteiger charge is -2.07. The third-order valence-electron chi connectivity index (χ3n) is 1.58. The molecule has 45 valence electrons. The van der Waals surface area contributed by atoms with Crippen LogP contribution in [0, 0.1) is 0 Å². The van der Waals surface area contributed by atoms with E-state index in [0.717, 1.165) is 6.42 Å². The molecule has 0 amide bonds. The Morgan fingerprint density at radius 3 is 3.44 bits per heavy atom. The van der Waals surface area contributed by atoms with Crippen molar-refractivity contribution in [2.24, 2.45) is 5.10 Å². The quantitative estimate of drug-likeness (QED) is 0.452. The van der Waals surface area contributed by atoms with Crippen LogP contribution < -0.4 is 5.43 Å². The lowest BCUT2D eigenvalue weighted by atomic mass is 10.0. The number of hydrogen-bond donors (Lipinski definition) is 0. The van der Waals surface area contributed by atoms with E-state index in [-0.39, 0.29) is 0 Å². The van der Waals surface area contributed by atoms with Crippen molar-refractivity contribution in [3.63, 3.8) is 0 Å². The maximum Gasteiger partial charge on any atom is 0.101 e. The van der Waals surface area contributed by atoms with Crippen LogP contribution in [0.3, 0.4) is 0 Å². The smallest absolute Gasteiger partial charge is 0.101 e. The molecule has 0 spiro atoms. The van der Waals surface area contributed by atoms with Gasteiger partial charge in [0.05, 0.1) is 6.21 Å². The standard InChI is InChI=1S/C7H7N2/c1-2-4-7-6(3-1)5-8-9-7/h1-3,5,7H,4H2. The summed E-state index contributed by atoms with van der Waals surface area (Å²) in [7, 11) is 0. The van der Waals surface area contributed by atoms with Crippen molar-refractivity contribution in [3.8, 4) is 0 Å². The van der Waals surface area contributed by atoms with Gasteiger partial charge in [-0.05, 0) is 12.0 Å². The number of hydrogen-bond acceptors (Lipinski definition) is 1. The predicted octanol–water partition coefficient (Wildman–Crippen LogP) is 0.845. The first-order valence-electron chi connectivity index (χ1n) is 3.07. The molecule has 0 aromatic heterocycles.